The van der Waals surface area contributed by atoms with E-state index in [4.69, 9.17) is 20.2 Å². The molecule has 1 saturated heterocycles. The zero-order chi connectivity index (χ0) is 14.8. The first kappa shape index (κ1) is 15.5. The molecule has 0 radical (unpaired) electrons. The normalized spacial score (nSPS) is 19.2. The zero-order valence-electron chi connectivity index (χ0n) is 10.4. The van der Waals surface area contributed by atoms with Crippen LogP contribution < -0.4 is 4.74 Å². The van der Waals surface area contributed by atoms with Crippen LogP contribution in [0.2, 0.25) is 0 Å². The second-order valence-corrected chi connectivity index (χ2v) is 6.93. The summed E-state index contributed by atoms with van der Waals surface area (Å²) in [6.07, 6.45) is 2.54. The van der Waals surface area contributed by atoms with Gasteiger partial charge in [0.2, 0.25) is 5.82 Å². The summed E-state index contributed by atoms with van der Waals surface area (Å²) >= 11 is 0. The molecule has 1 aromatic rings. The molecule has 1 aliphatic rings. The Balaban J connectivity index is 2.04. The van der Waals surface area contributed by atoms with Crippen LogP contribution in [0.25, 0.3) is 0 Å². The van der Waals surface area contributed by atoms with Crippen LogP contribution in [-0.2, 0) is 13.8 Å². The molecule has 1 aromatic carbocycles. The maximum absolute atomic E-state index is 13.6. The Morgan fingerprint density at radius 1 is 1.35 bits per heavy atom. The van der Waals surface area contributed by atoms with Gasteiger partial charge >= 0.3 is 0 Å². The summed E-state index contributed by atoms with van der Waals surface area (Å²) in [5, 5.41) is 0. The van der Waals surface area contributed by atoms with Crippen molar-refractivity contribution in [1.82, 2.24) is 0 Å². The summed E-state index contributed by atoms with van der Waals surface area (Å²) in [7, 11) is 0.662. The molecule has 1 heterocycles. The Bertz CT molecular complexity index is 585. The fourth-order valence-corrected chi connectivity index (χ4v) is 2.88. The fourth-order valence-electron chi connectivity index (χ4n) is 1.99. The van der Waals surface area contributed by atoms with E-state index in [0.29, 0.717) is 13.0 Å². The molecule has 1 atom stereocenters. The molecule has 0 spiro atoms. The lowest BCUT2D eigenvalue weighted by Crippen LogP contribution is -2.11. The largest absolute Gasteiger partial charge is 0.490 e. The van der Waals surface area contributed by atoms with E-state index in [1.807, 2.05) is 0 Å². The van der Waals surface area contributed by atoms with Crippen LogP contribution in [0.5, 0.6) is 5.75 Å². The highest BCUT2D eigenvalue weighted by Crippen LogP contribution is 2.28. The molecular weight excluding hydrogens is 314 g/mol. The fraction of sp³-hybridized carbons (Fsp3) is 0.500. The molecule has 1 fully saturated rings. The Morgan fingerprint density at radius 2 is 2.10 bits per heavy atom. The summed E-state index contributed by atoms with van der Waals surface area (Å²) in [4.78, 5) is -0.900. The summed E-state index contributed by atoms with van der Waals surface area (Å²) < 4.78 is 59.7. The van der Waals surface area contributed by atoms with Crippen molar-refractivity contribution in [3.05, 3.63) is 23.8 Å². The van der Waals surface area contributed by atoms with Crippen molar-refractivity contribution in [2.24, 2.45) is 0 Å². The minimum absolute atomic E-state index is 0.0744. The van der Waals surface area contributed by atoms with Crippen LogP contribution in [-0.4, -0.2) is 27.7 Å². The van der Waals surface area contributed by atoms with E-state index in [0.717, 1.165) is 25.0 Å². The molecule has 0 aliphatic carbocycles. The van der Waals surface area contributed by atoms with Crippen molar-refractivity contribution in [3.8, 4) is 5.75 Å². The molecule has 0 amide bonds. The van der Waals surface area contributed by atoms with E-state index in [1.54, 1.807) is 0 Å². The second kappa shape index (κ2) is 6.24. The highest BCUT2D eigenvalue weighted by atomic mass is 35.7. The quantitative estimate of drug-likeness (QED) is 0.781. The lowest BCUT2D eigenvalue weighted by atomic mass is 10.2. The Labute approximate surface area is 120 Å². The lowest BCUT2D eigenvalue weighted by Gasteiger charge is -2.12. The van der Waals surface area contributed by atoms with Crippen LogP contribution >= 0.6 is 10.7 Å². The highest BCUT2D eigenvalue weighted by Gasteiger charge is 2.23. The van der Waals surface area contributed by atoms with E-state index in [-0.39, 0.29) is 18.5 Å². The molecule has 1 aliphatic heterocycles. The van der Waals surface area contributed by atoms with Crippen molar-refractivity contribution in [2.45, 2.75) is 30.3 Å². The van der Waals surface area contributed by atoms with Crippen LogP contribution in [0.1, 0.15) is 19.3 Å². The first-order valence-corrected chi connectivity index (χ1v) is 8.37. The van der Waals surface area contributed by atoms with Gasteiger partial charge < -0.3 is 9.47 Å². The van der Waals surface area contributed by atoms with Gasteiger partial charge in [0, 0.05) is 23.7 Å². The third-order valence-corrected chi connectivity index (χ3v) is 4.33. The van der Waals surface area contributed by atoms with E-state index in [9.17, 15) is 17.2 Å². The number of halogens is 3. The molecule has 4 nitrogen and oxygen atoms in total. The summed E-state index contributed by atoms with van der Waals surface area (Å²) in [5.41, 5.74) is 0. The molecule has 0 bridgehead atoms. The van der Waals surface area contributed by atoms with Gasteiger partial charge in [0.1, 0.15) is 4.90 Å². The van der Waals surface area contributed by atoms with Gasteiger partial charge in [-0.15, -0.1) is 0 Å². The van der Waals surface area contributed by atoms with E-state index in [2.05, 4.69) is 0 Å². The van der Waals surface area contributed by atoms with E-state index < -0.39 is 25.6 Å². The maximum Gasteiger partial charge on any atom is 0.264 e. The van der Waals surface area contributed by atoms with Gasteiger partial charge in [-0.2, -0.15) is 4.39 Å². The van der Waals surface area contributed by atoms with Crippen molar-refractivity contribution in [1.29, 1.82) is 0 Å². The van der Waals surface area contributed by atoms with Crippen LogP contribution in [0.3, 0.4) is 0 Å². The number of hydrogen-bond donors (Lipinski definition) is 0. The summed E-state index contributed by atoms with van der Waals surface area (Å²) in [5.74, 6) is -3.24. The topological polar surface area (TPSA) is 52.6 Å². The van der Waals surface area contributed by atoms with E-state index >= 15 is 0 Å². The van der Waals surface area contributed by atoms with Gasteiger partial charge in [-0.1, -0.05) is 0 Å². The average molecular weight is 327 g/mol. The van der Waals surface area contributed by atoms with Gasteiger partial charge in [-0.05, 0) is 25.0 Å². The Hall–Kier alpha value is -0.920. The number of hydrogen-bond acceptors (Lipinski definition) is 4. The van der Waals surface area contributed by atoms with Crippen LogP contribution in [0.4, 0.5) is 8.78 Å². The van der Waals surface area contributed by atoms with Gasteiger partial charge in [-0.25, -0.2) is 12.8 Å². The van der Waals surface area contributed by atoms with E-state index in [1.165, 1.54) is 0 Å². The van der Waals surface area contributed by atoms with Gasteiger partial charge in [0.25, 0.3) is 9.05 Å². The van der Waals surface area contributed by atoms with Gasteiger partial charge in [0.15, 0.2) is 11.6 Å². The first-order valence-electron chi connectivity index (χ1n) is 6.06. The number of benzene rings is 1. The standard InChI is InChI=1S/C12H13ClF2O4S/c13-20(16,17)10-4-3-9(11(14)12(10)15)19-7-5-8-2-1-6-18-8/h3-4,8H,1-2,5-7H2. The predicted octanol–water partition coefficient (Wildman–Crippen LogP) is 2.84. The molecule has 1 unspecified atom stereocenters. The lowest BCUT2D eigenvalue weighted by molar-refractivity contribution is 0.0896. The van der Waals surface area contributed by atoms with Crippen molar-refractivity contribution in [3.63, 3.8) is 0 Å². The third-order valence-electron chi connectivity index (χ3n) is 3.00. The van der Waals surface area contributed by atoms with Crippen molar-refractivity contribution >= 4 is 19.7 Å². The second-order valence-electron chi connectivity index (χ2n) is 4.40. The Morgan fingerprint density at radius 3 is 2.70 bits per heavy atom. The predicted molar refractivity (Wildman–Crippen MR) is 68.5 cm³/mol. The minimum atomic E-state index is -4.32. The maximum atomic E-state index is 13.6. The monoisotopic (exact) mass is 326 g/mol. The van der Waals surface area contributed by atoms with Gasteiger partial charge in [-0.3, -0.25) is 0 Å². The summed E-state index contributed by atoms with van der Waals surface area (Å²) in [6, 6.07) is 1.92. The molecule has 0 saturated carbocycles. The Kier molecular flexibility index (Phi) is 4.82. The molecular formula is C12H13ClF2O4S. The van der Waals surface area contributed by atoms with Crippen molar-refractivity contribution in [2.75, 3.05) is 13.2 Å². The molecule has 0 aromatic heterocycles. The molecule has 2 rings (SSSR count). The molecule has 20 heavy (non-hydrogen) atoms. The minimum Gasteiger partial charge on any atom is -0.490 e. The zero-order valence-corrected chi connectivity index (χ0v) is 12.0. The third kappa shape index (κ3) is 3.59. The van der Waals surface area contributed by atoms with Crippen LogP contribution in [0.15, 0.2) is 17.0 Å². The SMILES string of the molecule is O=S(=O)(Cl)c1ccc(OCCC2CCCO2)c(F)c1F. The smallest absolute Gasteiger partial charge is 0.264 e. The number of ether oxygens (including phenoxy) is 2. The van der Waals surface area contributed by atoms with Crippen LogP contribution in [0, 0.1) is 11.6 Å². The molecule has 0 N–H and O–H groups in total. The highest BCUT2D eigenvalue weighted by molar-refractivity contribution is 8.13. The molecule has 112 valence electrons. The summed E-state index contributed by atoms with van der Waals surface area (Å²) in [6.45, 7) is 0.865. The van der Waals surface area contributed by atoms with Crippen molar-refractivity contribution < 1.29 is 26.7 Å². The molecule has 8 heteroatoms. The first-order chi connectivity index (χ1) is 9.39. The average Bonchev–Trinajstić information content (AvgIpc) is 2.86. The number of rotatable bonds is 5. The van der Waals surface area contributed by atoms with Gasteiger partial charge in [0.05, 0.1) is 12.7 Å².